The highest BCUT2D eigenvalue weighted by Crippen LogP contribution is 2.29. The summed E-state index contributed by atoms with van der Waals surface area (Å²) in [5.41, 5.74) is -0.0631. The molecule has 4 heteroatoms. The second-order valence-electron chi connectivity index (χ2n) is 3.56. The Labute approximate surface area is 82.5 Å². The number of nitrogens with one attached hydrogen (secondary N) is 1. The van der Waals surface area contributed by atoms with Gasteiger partial charge in [0.15, 0.2) is 0 Å². The first kappa shape index (κ1) is 8.82. The van der Waals surface area contributed by atoms with E-state index >= 15 is 0 Å². The molecule has 1 unspecified atom stereocenters. The third-order valence-corrected chi connectivity index (χ3v) is 2.76. The summed E-state index contributed by atoms with van der Waals surface area (Å²) in [5, 5.41) is 12.0. The molecular formula is C10H11N3O. The standard InChI is InChI=1S/C10H11N3O/c1-10(13-6-4-9(13)14)8(7-11)3-2-5-12-10/h2-3,5,12H,4,6H2,1H3. The van der Waals surface area contributed by atoms with Crippen LogP contribution in [-0.2, 0) is 4.79 Å². The minimum absolute atomic E-state index is 0.0939. The van der Waals surface area contributed by atoms with E-state index in [0.717, 1.165) is 6.54 Å². The van der Waals surface area contributed by atoms with Crippen molar-refractivity contribution in [3.63, 3.8) is 0 Å². The van der Waals surface area contributed by atoms with E-state index in [-0.39, 0.29) is 5.91 Å². The molecule has 0 radical (unpaired) electrons. The Hall–Kier alpha value is -1.76. The third kappa shape index (κ3) is 1.02. The predicted molar refractivity (Wildman–Crippen MR) is 50.7 cm³/mol. The van der Waals surface area contributed by atoms with Crippen LogP contribution in [0.25, 0.3) is 0 Å². The van der Waals surface area contributed by atoms with Gasteiger partial charge in [0.05, 0.1) is 11.6 Å². The van der Waals surface area contributed by atoms with E-state index in [9.17, 15) is 4.79 Å². The van der Waals surface area contributed by atoms with Crippen LogP contribution in [-0.4, -0.2) is 23.0 Å². The van der Waals surface area contributed by atoms with Crippen LogP contribution in [0.4, 0.5) is 0 Å². The molecule has 0 aromatic heterocycles. The largest absolute Gasteiger partial charge is 0.365 e. The number of carbonyl (C=O) groups is 1. The maximum absolute atomic E-state index is 11.3. The van der Waals surface area contributed by atoms with E-state index in [0.29, 0.717) is 12.0 Å². The molecule has 1 N–H and O–H groups in total. The smallest absolute Gasteiger partial charge is 0.226 e. The lowest BCUT2D eigenvalue weighted by atomic mass is 9.94. The van der Waals surface area contributed by atoms with Gasteiger partial charge >= 0.3 is 0 Å². The van der Waals surface area contributed by atoms with Gasteiger partial charge in [0, 0.05) is 13.0 Å². The fourth-order valence-electron chi connectivity index (χ4n) is 1.75. The van der Waals surface area contributed by atoms with E-state index in [4.69, 9.17) is 5.26 Å². The van der Waals surface area contributed by atoms with Crippen LogP contribution >= 0.6 is 0 Å². The summed E-state index contributed by atoms with van der Waals surface area (Å²) in [6.45, 7) is 2.57. The molecule has 0 aliphatic carbocycles. The lowest BCUT2D eigenvalue weighted by Crippen LogP contribution is -2.64. The molecule has 1 fully saturated rings. The average Bonchev–Trinajstić information content (AvgIpc) is 2.15. The fraction of sp³-hybridized carbons (Fsp3) is 0.400. The van der Waals surface area contributed by atoms with Gasteiger partial charge in [-0.1, -0.05) is 0 Å². The molecule has 0 aromatic carbocycles. The average molecular weight is 189 g/mol. The summed E-state index contributed by atoms with van der Waals surface area (Å²) in [4.78, 5) is 13.0. The van der Waals surface area contributed by atoms with Gasteiger partial charge in [0.1, 0.15) is 5.66 Å². The maximum Gasteiger partial charge on any atom is 0.226 e. The molecule has 1 saturated heterocycles. The second-order valence-corrected chi connectivity index (χ2v) is 3.56. The minimum Gasteiger partial charge on any atom is -0.365 e. The van der Waals surface area contributed by atoms with E-state index in [1.54, 1.807) is 23.3 Å². The molecule has 0 bridgehead atoms. The number of rotatable bonds is 1. The fourth-order valence-corrected chi connectivity index (χ4v) is 1.75. The highest BCUT2D eigenvalue weighted by Gasteiger charge is 2.43. The van der Waals surface area contributed by atoms with E-state index in [2.05, 4.69) is 11.4 Å². The molecular weight excluding hydrogens is 178 g/mol. The van der Waals surface area contributed by atoms with Gasteiger partial charge in [-0.2, -0.15) is 5.26 Å². The number of hydrogen-bond donors (Lipinski definition) is 1. The molecule has 2 rings (SSSR count). The van der Waals surface area contributed by atoms with Crippen LogP contribution in [0, 0.1) is 11.3 Å². The van der Waals surface area contributed by atoms with Crippen molar-refractivity contribution in [1.82, 2.24) is 10.2 Å². The van der Waals surface area contributed by atoms with Crippen LogP contribution < -0.4 is 5.32 Å². The van der Waals surface area contributed by atoms with Crippen molar-refractivity contribution in [2.24, 2.45) is 0 Å². The van der Waals surface area contributed by atoms with Crippen molar-refractivity contribution < 1.29 is 4.79 Å². The Balaban J connectivity index is 2.31. The van der Waals surface area contributed by atoms with Crippen molar-refractivity contribution in [1.29, 1.82) is 5.26 Å². The minimum atomic E-state index is -0.640. The number of dihydropyridines is 1. The first-order valence-electron chi connectivity index (χ1n) is 4.54. The van der Waals surface area contributed by atoms with Gasteiger partial charge in [-0.05, 0) is 25.3 Å². The Morgan fingerprint density at radius 2 is 2.50 bits per heavy atom. The zero-order chi connectivity index (χ0) is 10.2. The highest BCUT2D eigenvalue weighted by atomic mass is 16.2. The number of nitrogens with zero attached hydrogens (tertiary/aromatic N) is 2. The van der Waals surface area contributed by atoms with E-state index < -0.39 is 5.66 Å². The van der Waals surface area contributed by atoms with Crippen molar-refractivity contribution in [3.8, 4) is 6.07 Å². The van der Waals surface area contributed by atoms with Gasteiger partial charge in [-0.25, -0.2) is 0 Å². The molecule has 1 atom stereocenters. The number of nitriles is 1. The Kier molecular flexibility index (Phi) is 1.81. The van der Waals surface area contributed by atoms with Crippen molar-refractivity contribution >= 4 is 5.91 Å². The molecule has 4 nitrogen and oxygen atoms in total. The summed E-state index contributed by atoms with van der Waals surface area (Å²) in [5.74, 6) is 0.0939. The first-order chi connectivity index (χ1) is 6.68. The van der Waals surface area contributed by atoms with Gasteiger partial charge < -0.3 is 10.2 Å². The van der Waals surface area contributed by atoms with Gasteiger partial charge in [0.25, 0.3) is 0 Å². The zero-order valence-electron chi connectivity index (χ0n) is 7.95. The first-order valence-corrected chi connectivity index (χ1v) is 4.54. The molecule has 0 spiro atoms. The third-order valence-electron chi connectivity index (χ3n) is 2.76. The lowest BCUT2D eigenvalue weighted by Gasteiger charge is -2.47. The Morgan fingerprint density at radius 1 is 1.71 bits per heavy atom. The number of allylic oxidation sites excluding steroid dienone is 2. The monoisotopic (exact) mass is 189 g/mol. The molecule has 2 heterocycles. The number of amides is 1. The summed E-state index contributed by atoms with van der Waals surface area (Å²) in [6, 6.07) is 2.12. The number of carbonyl (C=O) groups excluding carboxylic acids is 1. The summed E-state index contributed by atoms with van der Waals surface area (Å²) >= 11 is 0. The molecule has 1 amide bonds. The Morgan fingerprint density at radius 3 is 3.00 bits per heavy atom. The van der Waals surface area contributed by atoms with Crippen LogP contribution in [0.5, 0.6) is 0 Å². The summed E-state index contributed by atoms with van der Waals surface area (Å²) in [7, 11) is 0. The predicted octanol–water partition coefficient (Wildman–Crippen LogP) is 0.502. The molecule has 72 valence electrons. The lowest BCUT2D eigenvalue weighted by molar-refractivity contribution is -0.146. The molecule has 2 aliphatic rings. The number of hydrogen-bond acceptors (Lipinski definition) is 3. The van der Waals surface area contributed by atoms with E-state index in [1.165, 1.54) is 0 Å². The highest BCUT2D eigenvalue weighted by molar-refractivity contribution is 5.83. The zero-order valence-corrected chi connectivity index (χ0v) is 7.95. The van der Waals surface area contributed by atoms with Gasteiger partial charge in [0.2, 0.25) is 5.91 Å². The van der Waals surface area contributed by atoms with Gasteiger partial charge in [-0.15, -0.1) is 0 Å². The van der Waals surface area contributed by atoms with E-state index in [1.807, 2.05) is 6.92 Å². The molecule has 14 heavy (non-hydrogen) atoms. The number of β-lactam (4-membered cyclic amide) rings is 1. The summed E-state index contributed by atoms with van der Waals surface area (Å²) < 4.78 is 0. The second kappa shape index (κ2) is 2.88. The number of likely N-dealkylation sites (tertiary alicyclic amines) is 1. The van der Waals surface area contributed by atoms with Gasteiger partial charge in [-0.3, -0.25) is 4.79 Å². The summed E-state index contributed by atoms with van der Waals surface area (Å²) in [6.07, 6.45) is 5.85. The van der Waals surface area contributed by atoms with Crippen molar-refractivity contribution in [3.05, 3.63) is 23.9 Å². The SMILES string of the molecule is CC1(N2CCC2=O)NC=CC=C1C#N. The van der Waals surface area contributed by atoms with Crippen LogP contribution in [0.3, 0.4) is 0 Å². The van der Waals surface area contributed by atoms with Crippen LogP contribution in [0.1, 0.15) is 13.3 Å². The Bertz CT molecular complexity index is 377. The quantitative estimate of drug-likeness (QED) is 0.611. The molecule has 0 aromatic rings. The van der Waals surface area contributed by atoms with Crippen molar-refractivity contribution in [2.75, 3.05) is 6.54 Å². The molecule has 0 saturated carbocycles. The van der Waals surface area contributed by atoms with Crippen LogP contribution in [0.2, 0.25) is 0 Å². The molecule has 2 aliphatic heterocycles. The van der Waals surface area contributed by atoms with Crippen LogP contribution in [0.15, 0.2) is 23.9 Å². The maximum atomic E-state index is 11.3. The topological polar surface area (TPSA) is 56.1 Å². The van der Waals surface area contributed by atoms with Crippen molar-refractivity contribution in [2.45, 2.75) is 19.0 Å². The normalized spacial score (nSPS) is 30.1.